The molecule has 2 unspecified atom stereocenters. The first-order valence-electron chi connectivity index (χ1n) is 11.2. The third-order valence-electron chi connectivity index (χ3n) is 7.26. The van der Waals surface area contributed by atoms with Crippen molar-refractivity contribution in [2.45, 2.75) is 91.0 Å². The number of ether oxygens (including phenoxy) is 3. The Labute approximate surface area is 197 Å². The van der Waals surface area contributed by atoms with Gasteiger partial charge in [-0.05, 0) is 27.3 Å². The number of hydrogen-bond acceptors (Lipinski definition) is 7. The number of nitrogens with one attached hydrogen (secondary N) is 1. The van der Waals surface area contributed by atoms with Gasteiger partial charge in [0.1, 0.15) is 16.8 Å². The second-order valence-electron chi connectivity index (χ2n) is 11.6. The quantitative estimate of drug-likeness (QED) is 0.424. The van der Waals surface area contributed by atoms with E-state index in [2.05, 4.69) is 19.2 Å². The van der Waals surface area contributed by atoms with Gasteiger partial charge in [0, 0.05) is 36.8 Å². The molecule has 9 heteroatoms. The molecule has 2 atom stereocenters. The van der Waals surface area contributed by atoms with E-state index in [1.54, 1.807) is 4.90 Å². The number of rotatable bonds is 0. The third-order valence-corrected chi connectivity index (χ3v) is 7.26. The molecule has 184 valence electrons. The summed E-state index contributed by atoms with van der Waals surface area (Å²) in [5, 5.41) is 3.25. The standard InChI is InChI=1S/C14H23NO4.C9H15NO2.ClH/c1-12(2,3)19-11(17)15-7-6-14(9-15)13(4,5)8-10(16)18-14;1-8(2)5-7(11)12-9(8)3-4-10-6-9;/h6-9H2,1-5H3;10H,3-6H2,1-2H3;1H. The summed E-state index contributed by atoms with van der Waals surface area (Å²) in [5.74, 6) is -0.209. The van der Waals surface area contributed by atoms with Gasteiger partial charge in [-0.1, -0.05) is 27.7 Å². The van der Waals surface area contributed by atoms with Crippen LogP contribution in [0, 0.1) is 10.8 Å². The molecule has 4 fully saturated rings. The lowest BCUT2D eigenvalue weighted by Gasteiger charge is -2.35. The zero-order valence-electron chi connectivity index (χ0n) is 20.5. The van der Waals surface area contributed by atoms with Crippen LogP contribution in [0.1, 0.15) is 74.1 Å². The first-order chi connectivity index (χ1) is 14.1. The summed E-state index contributed by atoms with van der Waals surface area (Å²) in [5.41, 5.74) is -1.48. The smallest absolute Gasteiger partial charge is 0.410 e. The summed E-state index contributed by atoms with van der Waals surface area (Å²) in [4.78, 5) is 36.4. The van der Waals surface area contributed by atoms with Crippen molar-refractivity contribution in [2.24, 2.45) is 10.8 Å². The van der Waals surface area contributed by atoms with Crippen LogP contribution in [0.15, 0.2) is 0 Å². The Hall–Kier alpha value is -1.54. The van der Waals surface area contributed by atoms with E-state index >= 15 is 0 Å². The number of esters is 2. The maximum absolute atomic E-state index is 12.1. The minimum absolute atomic E-state index is 0. The predicted octanol–water partition coefficient (Wildman–Crippen LogP) is 3.45. The lowest BCUT2D eigenvalue weighted by molar-refractivity contribution is -0.150. The first kappa shape index (κ1) is 26.7. The fourth-order valence-corrected chi connectivity index (χ4v) is 5.06. The van der Waals surface area contributed by atoms with Crippen LogP contribution in [0.5, 0.6) is 0 Å². The number of carbonyl (C=O) groups excluding carboxylic acids is 3. The largest absolute Gasteiger partial charge is 0.457 e. The van der Waals surface area contributed by atoms with Crippen LogP contribution in [0.2, 0.25) is 0 Å². The molecule has 4 saturated heterocycles. The van der Waals surface area contributed by atoms with Crippen LogP contribution < -0.4 is 5.32 Å². The lowest BCUT2D eigenvalue weighted by Crippen LogP contribution is -2.45. The highest BCUT2D eigenvalue weighted by Crippen LogP contribution is 2.49. The van der Waals surface area contributed by atoms with Crippen molar-refractivity contribution >= 4 is 30.4 Å². The summed E-state index contributed by atoms with van der Waals surface area (Å²) in [6, 6.07) is 0. The van der Waals surface area contributed by atoms with E-state index in [-0.39, 0.29) is 46.9 Å². The highest BCUT2D eigenvalue weighted by Gasteiger charge is 2.59. The van der Waals surface area contributed by atoms with E-state index in [1.807, 2.05) is 34.6 Å². The molecule has 0 aromatic heterocycles. The minimum atomic E-state index is -0.541. The van der Waals surface area contributed by atoms with Crippen molar-refractivity contribution < 1.29 is 28.6 Å². The van der Waals surface area contributed by atoms with Gasteiger partial charge in [0.05, 0.1) is 19.4 Å². The van der Waals surface area contributed by atoms with Crippen LogP contribution in [0.4, 0.5) is 4.79 Å². The van der Waals surface area contributed by atoms with Gasteiger partial charge in [0.15, 0.2) is 0 Å². The SMILES string of the molecule is CC(C)(C)OC(=O)N1CCC2(C1)OC(=O)CC2(C)C.CC1(C)CC(=O)OC12CCNC2.Cl. The molecule has 0 radical (unpaired) electrons. The van der Waals surface area contributed by atoms with Gasteiger partial charge in [0.25, 0.3) is 0 Å². The molecule has 1 amide bonds. The number of carbonyl (C=O) groups is 3. The third kappa shape index (κ3) is 5.01. The van der Waals surface area contributed by atoms with Gasteiger partial charge >= 0.3 is 18.0 Å². The lowest BCUT2D eigenvalue weighted by atomic mass is 9.74. The second-order valence-corrected chi connectivity index (χ2v) is 11.6. The zero-order chi connectivity index (χ0) is 23.3. The summed E-state index contributed by atoms with van der Waals surface area (Å²) in [6.45, 7) is 16.6. The van der Waals surface area contributed by atoms with Crippen molar-refractivity contribution in [3.05, 3.63) is 0 Å². The molecule has 32 heavy (non-hydrogen) atoms. The summed E-state index contributed by atoms with van der Waals surface area (Å²) < 4.78 is 16.3. The Bertz CT molecular complexity index is 754. The highest BCUT2D eigenvalue weighted by molar-refractivity contribution is 5.85. The van der Waals surface area contributed by atoms with E-state index in [0.717, 1.165) is 19.5 Å². The number of nitrogens with zero attached hydrogens (tertiary/aromatic N) is 1. The van der Waals surface area contributed by atoms with Crippen LogP contribution >= 0.6 is 12.4 Å². The average Bonchev–Trinajstić information content (AvgIpc) is 3.29. The molecular weight excluding hydrogens is 436 g/mol. The molecule has 0 aromatic carbocycles. The fourth-order valence-electron chi connectivity index (χ4n) is 5.06. The van der Waals surface area contributed by atoms with E-state index in [9.17, 15) is 14.4 Å². The van der Waals surface area contributed by atoms with Crippen molar-refractivity contribution in [2.75, 3.05) is 26.2 Å². The second kappa shape index (κ2) is 8.67. The summed E-state index contributed by atoms with van der Waals surface area (Å²) >= 11 is 0. The topological polar surface area (TPSA) is 94.2 Å². The molecule has 4 rings (SSSR count). The number of halogens is 1. The molecule has 8 nitrogen and oxygen atoms in total. The van der Waals surface area contributed by atoms with Crippen molar-refractivity contribution in [3.8, 4) is 0 Å². The van der Waals surface area contributed by atoms with Gasteiger partial charge in [-0.3, -0.25) is 9.59 Å². The Kier molecular flexibility index (Phi) is 7.24. The van der Waals surface area contributed by atoms with Gasteiger partial charge in [-0.25, -0.2) is 4.79 Å². The molecule has 4 aliphatic heterocycles. The maximum Gasteiger partial charge on any atom is 0.410 e. The molecular formula is C23H39ClN2O6. The molecule has 0 aliphatic carbocycles. The number of hydrogen-bond donors (Lipinski definition) is 1. The van der Waals surface area contributed by atoms with Crippen LogP contribution in [-0.2, 0) is 23.8 Å². The molecule has 0 saturated carbocycles. The molecule has 2 spiro atoms. The molecule has 1 N–H and O–H groups in total. The van der Waals surface area contributed by atoms with E-state index < -0.39 is 11.2 Å². The molecule has 0 aromatic rings. The Morgan fingerprint density at radius 2 is 1.50 bits per heavy atom. The van der Waals surface area contributed by atoms with Crippen LogP contribution in [-0.4, -0.2) is 65.9 Å². The average molecular weight is 475 g/mol. The van der Waals surface area contributed by atoms with E-state index in [1.165, 1.54) is 0 Å². The monoisotopic (exact) mass is 474 g/mol. The Morgan fingerprint density at radius 1 is 0.969 bits per heavy atom. The first-order valence-corrected chi connectivity index (χ1v) is 11.2. The van der Waals surface area contributed by atoms with Crippen LogP contribution in [0.25, 0.3) is 0 Å². The fraction of sp³-hybridized carbons (Fsp3) is 0.870. The highest BCUT2D eigenvalue weighted by atomic mass is 35.5. The van der Waals surface area contributed by atoms with Crippen molar-refractivity contribution in [1.82, 2.24) is 10.2 Å². The number of likely N-dealkylation sites (tertiary alicyclic amines) is 1. The molecule has 0 bridgehead atoms. The zero-order valence-corrected chi connectivity index (χ0v) is 21.3. The van der Waals surface area contributed by atoms with Crippen molar-refractivity contribution in [3.63, 3.8) is 0 Å². The Morgan fingerprint density at radius 3 is 1.91 bits per heavy atom. The maximum atomic E-state index is 12.1. The van der Waals surface area contributed by atoms with Crippen molar-refractivity contribution in [1.29, 1.82) is 0 Å². The molecule has 4 heterocycles. The van der Waals surface area contributed by atoms with Gasteiger partial charge < -0.3 is 24.4 Å². The van der Waals surface area contributed by atoms with E-state index in [0.29, 0.717) is 32.4 Å². The summed E-state index contributed by atoms with van der Waals surface area (Å²) in [6.07, 6.45) is 2.30. The minimum Gasteiger partial charge on any atom is -0.457 e. The van der Waals surface area contributed by atoms with Gasteiger partial charge in [0.2, 0.25) is 0 Å². The Balaban J connectivity index is 0.000000241. The number of amides is 1. The van der Waals surface area contributed by atoms with Gasteiger partial charge in [-0.2, -0.15) is 0 Å². The normalized spacial score (nSPS) is 32.3. The van der Waals surface area contributed by atoms with E-state index in [4.69, 9.17) is 14.2 Å². The van der Waals surface area contributed by atoms with Gasteiger partial charge in [-0.15, -0.1) is 12.4 Å². The summed E-state index contributed by atoms with van der Waals surface area (Å²) in [7, 11) is 0. The molecule has 4 aliphatic rings. The predicted molar refractivity (Wildman–Crippen MR) is 122 cm³/mol. The van der Waals surface area contributed by atoms with Crippen LogP contribution in [0.3, 0.4) is 0 Å².